The van der Waals surface area contributed by atoms with Crippen LogP contribution in [0.2, 0.25) is 0 Å². The molecule has 0 radical (unpaired) electrons. The number of methoxy groups -OCH3 is 1. The zero-order valence-electron chi connectivity index (χ0n) is 17.3. The molecule has 4 aliphatic rings. The molecule has 0 aromatic heterocycles. The maximum atomic E-state index is 10.9. The standard InChI is InChI=1S/C24H38O2/c1-6-24(4,25)21-10-9-19-18-8-7-16-15-17(26-5)11-13-22(16,2)20(18)12-14-23(19,21)3/h1,16-21,25H,7-15H2,2-5H3/t16-,17-,18-,19-,20-,21-,22-,23-,24?/m0/s1. The summed E-state index contributed by atoms with van der Waals surface area (Å²) in [6, 6.07) is 0. The molecular weight excluding hydrogens is 320 g/mol. The zero-order valence-corrected chi connectivity index (χ0v) is 17.3. The van der Waals surface area contributed by atoms with Crippen LogP contribution in [0.15, 0.2) is 0 Å². The molecule has 0 spiro atoms. The summed E-state index contributed by atoms with van der Waals surface area (Å²) >= 11 is 0. The highest BCUT2D eigenvalue weighted by Gasteiger charge is 2.62. The summed E-state index contributed by atoms with van der Waals surface area (Å²) in [7, 11) is 1.89. The van der Waals surface area contributed by atoms with E-state index in [4.69, 9.17) is 11.2 Å². The van der Waals surface area contributed by atoms with Gasteiger partial charge in [-0.2, -0.15) is 0 Å². The quantitative estimate of drug-likeness (QED) is 0.700. The van der Waals surface area contributed by atoms with Crippen LogP contribution in [0, 0.1) is 52.8 Å². The van der Waals surface area contributed by atoms with Crippen molar-refractivity contribution >= 4 is 0 Å². The zero-order chi connectivity index (χ0) is 18.7. The minimum absolute atomic E-state index is 0.226. The Morgan fingerprint density at radius 3 is 2.38 bits per heavy atom. The number of terminal acetylenes is 1. The lowest BCUT2D eigenvalue weighted by Crippen LogP contribution is -2.55. The minimum atomic E-state index is -0.950. The van der Waals surface area contributed by atoms with Gasteiger partial charge in [-0.3, -0.25) is 0 Å². The summed E-state index contributed by atoms with van der Waals surface area (Å²) in [4.78, 5) is 0. The maximum absolute atomic E-state index is 10.9. The Morgan fingerprint density at radius 2 is 1.69 bits per heavy atom. The predicted octanol–water partition coefficient (Wildman–Crippen LogP) is 5.04. The summed E-state index contributed by atoms with van der Waals surface area (Å²) in [6.07, 6.45) is 17.8. The van der Waals surface area contributed by atoms with Gasteiger partial charge in [0.1, 0.15) is 5.60 Å². The Morgan fingerprint density at radius 1 is 1.00 bits per heavy atom. The molecule has 0 aromatic carbocycles. The van der Waals surface area contributed by atoms with Gasteiger partial charge >= 0.3 is 0 Å². The van der Waals surface area contributed by atoms with Gasteiger partial charge in [0.2, 0.25) is 0 Å². The van der Waals surface area contributed by atoms with Crippen LogP contribution in [0.1, 0.15) is 78.6 Å². The minimum Gasteiger partial charge on any atom is -0.381 e. The van der Waals surface area contributed by atoms with Crippen LogP contribution in [0.3, 0.4) is 0 Å². The van der Waals surface area contributed by atoms with E-state index in [2.05, 4.69) is 19.8 Å². The fourth-order valence-electron chi connectivity index (χ4n) is 8.46. The van der Waals surface area contributed by atoms with Gasteiger partial charge in [-0.15, -0.1) is 6.42 Å². The molecule has 146 valence electrons. The molecule has 0 bridgehead atoms. The first kappa shape index (κ1) is 18.8. The van der Waals surface area contributed by atoms with Crippen molar-refractivity contribution in [1.82, 2.24) is 0 Å². The highest BCUT2D eigenvalue weighted by Crippen LogP contribution is 2.68. The van der Waals surface area contributed by atoms with E-state index in [1.54, 1.807) is 0 Å². The summed E-state index contributed by atoms with van der Waals surface area (Å²) in [5, 5.41) is 10.9. The summed E-state index contributed by atoms with van der Waals surface area (Å²) in [5.74, 6) is 6.29. The molecular formula is C24H38O2. The van der Waals surface area contributed by atoms with Gasteiger partial charge < -0.3 is 9.84 Å². The summed E-state index contributed by atoms with van der Waals surface area (Å²) in [5.41, 5.74) is -0.218. The predicted molar refractivity (Wildman–Crippen MR) is 105 cm³/mol. The van der Waals surface area contributed by atoms with E-state index >= 15 is 0 Å². The van der Waals surface area contributed by atoms with E-state index in [-0.39, 0.29) is 11.3 Å². The Kier molecular flexibility index (Phi) is 4.52. The van der Waals surface area contributed by atoms with Crippen LogP contribution < -0.4 is 0 Å². The molecule has 4 fully saturated rings. The highest BCUT2D eigenvalue weighted by molar-refractivity contribution is 5.17. The Labute approximate surface area is 160 Å². The van der Waals surface area contributed by atoms with Crippen molar-refractivity contribution in [3.63, 3.8) is 0 Å². The van der Waals surface area contributed by atoms with Crippen molar-refractivity contribution < 1.29 is 9.84 Å². The van der Waals surface area contributed by atoms with E-state index in [9.17, 15) is 5.11 Å². The average molecular weight is 359 g/mol. The maximum Gasteiger partial charge on any atom is 0.125 e. The molecule has 0 heterocycles. The van der Waals surface area contributed by atoms with Crippen LogP contribution in [0.4, 0.5) is 0 Å². The molecule has 0 amide bonds. The molecule has 9 atom stereocenters. The van der Waals surface area contributed by atoms with Crippen molar-refractivity contribution in [2.45, 2.75) is 90.3 Å². The Bertz CT molecular complexity index is 590. The van der Waals surface area contributed by atoms with Gasteiger partial charge in [-0.1, -0.05) is 19.8 Å². The van der Waals surface area contributed by atoms with Crippen LogP contribution >= 0.6 is 0 Å². The molecule has 26 heavy (non-hydrogen) atoms. The van der Waals surface area contributed by atoms with Crippen molar-refractivity contribution in [1.29, 1.82) is 0 Å². The second kappa shape index (κ2) is 6.25. The third kappa shape index (κ3) is 2.53. The Balaban J connectivity index is 1.59. The second-order valence-electron chi connectivity index (χ2n) is 10.8. The number of fused-ring (bicyclic) bond motifs is 5. The molecule has 2 nitrogen and oxygen atoms in total. The average Bonchev–Trinajstić information content (AvgIpc) is 2.99. The van der Waals surface area contributed by atoms with Gasteiger partial charge in [0, 0.05) is 13.0 Å². The lowest BCUT2D eigenvalue weighted by molar-refractivity contribution is -0.139. The van der Waals surface area contributed by atoms with Crippen molar-refractivity contribution in [3.8, 4) is 12.3 Å². The van der Waals surface area contributed by atoms with E-state index < -0.39 is 5.60 Å². The van der Waals surface area contributed by atoms with E-state index in [1.807, 2.05) is 14.0 Å². The van der Waals surface area contributed by atoms with Gasteiger partial charge in [0.05, 0.1) is 6.10 Å². The molecule has 2 heteroatoms. The van der Waals surface area contributed by atoms with Crippen LogP contribution in [-0.4, -0.2) is 23.9 Å². The summed E-state index contributed by atoms with van der Waals surface area (Å²) in [6.45, 7) is 6.93. The third-order valence-electron chi connectivity index (χ3n) is 9.92. The van der Waals surface area contributed by atoms with Crippen LogP contribution in [0.25, 0.3) is 0 Å². The smallest absolute Gasteiger partial charge is 0.125 e. The number of rotatable bonds is 2. The van der Waals surface area contributed by atoms with Crippen LogP contribution in [0.5, 0.6) is 0 Å². The first-order valence-corrected chi connectivity index (χ1v) is 11.0. The molecule has 0 aliphatic heterocycles. The van der Waals surface area contributed by atoms with Gasteiger partial charge in [-0.05, 0) is 99.2 Å². The van der Waals surface area contributed by atoms with E-state index in [0.29, 0.717) is 11.5 Å². The Hall–Kier alpha value is -0.520. The van der Waals surface area contributed by atoms with E-state index in [0.717, 1.165) is 30.1 Å². The van der Waals surface area contributed by atoms with Crippen LogP contribution in [-0.2, 0) is 4.74 Å². The van der Waals surface area contributed by atoms with Crippen molar-refractivity contribution in [3.05, 3.63) is 0 Å². The largest absolute Gasteiger partial charge is 0.381 e. The molecule has 0 saturated heterocycles. The SMILES string of the molecule is C#CC(C)(O)[C@H]1CC[C@H]2[C@@H]3CC[C@H]4C[C@@H](OC)CC[C@]4(C)[C@H]3CC[C@]12C. The van der Waals surface area contributed by atoms with Gasteiger partial charge in [0.15, 0.2) is 0 Å². The molecule has 0 aromatic rings. The fourth-order valence-corrected chi connectivity index (χ4v) is 8.46. The van der Waals surface area contributed by atoms with Crippen molar-refractivity contribution in [2.75, 3.05) is 7.11 Å². The molecule has 1 unspecified atom stereocenters. The second-order valence-corrected chi connectivity index (χ2v) is 10.8. The first-order valence-electron chi connectivity index (χ1n) is 11.0. The number of ether oxygens (including phenoxy) is 1. The lowest BCUT2D eigenvalue weighted by Gasteiger charge is -2.61. The topological polar surface area (TPSA) is 29.5 Å². The molecule has 4 saturated carbocycles. The molecule has 4 aliphatic carbocycles. The highest BCUT2D eigenvalue weighted by atomic mass is 16.5. The van der Waals surface area contributed by atoms with E-state index in [1.165, 1.54) is 51.4 Å². The normalized spacial score (nSPS) is 52.9. The monoisotopic (exact) mass is 358 g/mol. The van der Waals surface area contributed by atoms with Crippen molar-refractivity contribution in [2.24, 2.45) is 40.4 Å². The number of aliphatic hydroxyl groups is 1. The molecule has 4 rings (SSSR count). The number of hydrogen-bond acceptors (Lipinski definition) is 2. The third-order valence-corrected chi connectivity index (χ3v) is 9.92. The first-order chi connectivity index (χ1) is 12.3. The fraction of sp³-hybridized carbons (Fsp3) is 0.917. The van der Waals surface area contributed by atoms with Gasteiger partial charge in [0.25, 0.3) is 0 Å². The molecule has 1 N–H and O–H groups in total. The van der Waals surface area contributed by atoms with Gasteiger partial charge in [-0.25, -0.2) is 0 Å². The lowest BCUT2D eigenvalue weighted by atomic mass is 9.44. The number of hydrogen-bond donors (Lipinski definition) is 1. The summed E-state index contributed by atoms with van der Waals surface area (Å²) < 4.78 is 5.72.